The normalized spacial score (nSPS) is 21.7. The molecule has 2 heterocycles. The topological polar surface area (TPSA) is 68.2 Å². The van der Waals surface area contributed by atoms with Gasteiger partial charge in [0, 0.05) is 26.2 Å². The summed E-state index contributed by atoms with van der Waals surface area (Å²) in [7, 11) is 0. The minimum absolute atomic E-state index is 0.137. The maximum absolute atomic E-state index is 13.0. The zero-order chi connectivity index (χ0) is 19.4. The van der Waals surface area contributed by atoms with Gasteiger partial charge in [0.05, 0.1) is 5.69 Å². The Morgan fingerprint density at radius 3 is 2.63 bits per heavy atom. The Balaban J connectivity index is 1.70. The monoisotopic (exact) mass is 371 g/mol. The summed E-state index contributed by atoms with van der Waals surface area (Å²) in [5.41, 5.74) is 3.64. The van der Waals surface area contributed by atoms with Crippen LogP contribution in [0, 0.1) is 5.92 Å². The summed E-state index contributed by atoms with van der Waals surface area (Å²) >= 11 is 0. The van der Waals surface area contributed by atoms with Gasteiger partial charge in [-0.15, -0.1) is 0 Å². The van der Waals surface area contributed by atoms with Crippen molar-refractivity contribution < 1.29 is 9.59 Å². The highest BCUT2D eigenvalue weighted by molar-refractivity contribution is 6.39. The average Bonchev–Trinajstić information content (AvgIpc) is 2.89. The van der Waals surface area contributed by atoms with Crippen molar-refractivity contribution in [3.05, 3.63) is 30.3 Å². The molecule has 1 aromatic rings. The minimum atomic E-state index is -0.588. The number of amidine groups is 1. The molecule has 0 radical (unpaired) electrons. The first kappa shape index (κ1) is 19.4. The molecule has 7 nitrogen and oxygen atoms in total. The summed E-state index contributed by atoms with van der Waals surface area (Å²) < 4.78 is 0. The first-order valence-corrected chi connectivity index (χ1v) is 9.71. The van der Waals surface area contributed by atoms with Crippen molar-refractivity contribution in [3.8, 4) is 0 Å². The molecule has 1 aromatic carbocycles. The fraction of sp³-hybridized carbons (Fsp3) is 0.550. The molecule has 1 N–H and O–H groups in total. The molecular weight excluding hydrogens is 342 g/mol. The highest BCUT2D eigenvalue weighted by Crippen LogP contribution is 2.17. The Labute approximate surface area is 161 Å². The predicted octanol–water partition coefficient (Wildman–Crippen LogP) is 1.52. The van der Waals surface area contributed by atoms with Crippen molar-refractivity contribution in [2.45, 2.75) is 33.2 Å². The van der Waals surface area contributed by atoms with Crippen LogP contribution in [0.4, 0.5) is 5.69 Å². The molecule has 2 amide bonds. The zero-order valence-electron chi connectivity index (χ0n) is 16.4. The summed E-state index contributed by atoms with van der Waals surface area (Å²) in [5, 5.41) is 1.42. The Hall–Kier alpha value is -2.41. The molecule has 27 heavy (non-hydrogen) atoms. The van der Waals surface area contributed by atoms with Crippen molar-refractivity contribution >= 4 is 23.3 Å². The average molecular weight is 371 g/mol. The first-order valence-electron chi connectivity index (χ1n) is 9.71. The van der Waals surface area contributed by atoms with E-state index in [9.17, 15) is 9.59 Å². The number of carbonyl (C=O) groups is 2. The van der Waals surface area contributed by atoms with E-state index >= 15 is 0 Å². The Morgan fingerprint density at radius 2 is 1.93 bits per heavy atom. The second-order valence-electron chi connectivity index (χ2n) is 7.61. The van der Waals surface area contributed by atoms with E-state index in [1.165, 1.54) is 5.01 Å². The largest absolute Gasteiger partial charge is 0.335 e. The lowest BCUT2D eigenvalue weighted by atomic mass is 10.2. The lowest BCUT2D eigenvalue weighted by Gasteiger charge is -2.32. The molecule has 3 rings (SSSR count). The van der Waals surface area contributed by atoms with Gasteiger partial charge in [-0.05, 0) is 37.9 Å². The van der Waals surface area contributed by atoms with Crippen molar-refractivity contribution in [1.82, 2.24) is 15.2 Å². The quantitative estimate of drug-likeness (QED) is 0.871. The Morgan fingerprint density at radius 1 is 1.19 bits per heavy atom. The molecule has 0 aliphatic carbocycles. The molecule has 0 saturated carbocycles. The number of amides is 2. The van der Waals surface area contributed by atoms with Crippen LogP contribution in [0.3, 0.4) is 0 Å². The van der Waals surface area contributed by atoms with E-state index in [4.69, 9.17) is 0 Å². The van der Waals surface area contributed by atoms with Crippen LogP contribution < -0.4 is 10.4 Å². The van der Waals surface area contributed by atoms with Gasteiger partial charge < -0.3 is 9.80 Å². The number of hydrazine groups is 1. The maximum Gasteiger partial charge on any atom is 0.290 e. The van der Waals surface area contributed by atoms with Crippen LogP contribution >= 0.6 is 0 Å². The van der Waals surface area contributed by atoms with Gasteiger partial charge in [0.25, 0.3) is 11.8 Å². The Kier molecular flexibility index (Phi) is 6.11. The van der Waals surface area contributed by atoms with Gasteiger partial charge in [0.15, 0.2) is 0 Å². The number of benzene rings is 1. The number of nitrogens with zero attached hydrogens (tertiary/aromatic N) is 4. The van der Waals surface area contributed by atoms with E-state index in [2.05, 4.69) is 29.2 Å². The number of hydrogen-bond acceptors (Lipinski definition) is 5. The van der Waals surface area contributed by atoms with Gasteiger partial charge >= 0.3 is 0 Å². The summed E-state index contributed by atoms with van der Waals surface area (Å²) in [4.78, 5) is 34.1. The zero-order valence-corrected chi connectivity index (χ0v) is 16.4. The first-order chi connectivity index (χ1) is 13.0. The number of para-hydroxylation sites is 1. The van der Waals surface area contributed by atoms with Gasteiger partial charge in [-0.25, -0.2) is 10.0 Å². The van der Waals surface area contributed by atoms with Crippen molar-refractivity contribution in [3.63, 3.8) is 0 Å². The van der Waals surface area contributed by atoms with Crippen LogP contribution in [0.5, 0.6) is 0 Å². The van der Waals surface area contributed by atoms with Gasteiger partial charge in [-0.3, -0.25) is 15.0 Å². The molecule has 2 aliphatic rings. The molecule has 2 aliphatic heterocycles. The number of anilines is 1. The molecule has 1 atom stereocenters. The third kappa shape index (κ3) is 4.66. The van der Waals surface area contributed by atoms with E-state index in [0.717, 1.165) is 26.1 Å². The highest BCUT2D eigenvalue weighted by atomic mass is 16.2. The second kappa shape index (κ2) is 8.52. The van der Waals surface area contributed by atoms with Gasteiger partial charge in [0.1, 0.15) is 6.04 Å². The molecular formula is C20H29N5O2. The lowest BCUT2D eigenvalue weighted by Crippen LogP contribution is -2.58. The van der Waals surface area contributed by atoms with Gasteiger partial charge in [-0.1, -0.05) is 32.0 Å². The lowest BCUT2D eigenvalue weighted by molar-refractivity contribution is -0.124. The maximum atomic E-state index is 13.0. The van der Waals surface area contributed by atoms with Crippen molar-refractivity contribution in [2.24, 2.45) is 10.9 Å². The highest BCUT2D eigenvalue weighted by Gasteiger charge is 2.33. The van der Waals surface area contributed by atoms with Crippen molar-refractivity contribution in [2.75, 3.05) is 37.7 Å². The van der Waals surface area contributed by atoms with Gasteiger partial charge in [-0.2, -0.15) is 0 Å². The van der Waals surface area contributed by atoms with Crippen LogP contribution in [0.1, 0.15) is 27.2 Å². The number of aliphatic imine (C=N–C) groups is 1. The van der Waals surface area contributed by atoms with E-state index < -0.39 is 6.04 Å². The summed E-state index contributed by atoms with van der Waals surface area (Å²) in [5.74, 6) is 0.546. The smallest absolute Gasteiger partial charge is 0.290 e. The molecule has 0 bridgehead atoms. The fourth-order valence-electron chi connectivity index (χ4n) is 3.52. The molecule has 1 saturated heterocycles. The molecule has 0 spiro atoms. The molecule has 0 aromatic heterocycles. The number of rotatable bonds is 4. The molecule has 146 valence electrons. The predicted molar refractivity (Wildman–Crippen MR) is 106 cm³/mol. The van der Waals surface area contributed by atoms with Crippen LogP contribution in [0.15, 0.2) is 35.3 Å². The standard InChI is InChI=1S/C20H29N5O2/c1-15(2)14-23-10-7-11-24(13-12-23)20(27)18-21-16(3)19(26)25(22-18)17-8-5-4-6-9-17/h4-6,8-9,15-16H,7,10-14H2,1-3H3,(H,21,22). The van der Waals surface area contributed by atoms with Gasteiger partial charge in [0.2, 0.25) is 5.84 Å². The van der Waals surface area contributed by atoms with E-state index in [0.29, 0.717) is 24.7 Å². The van der Waals surface area contributed by atoms with Crippen LogP contribution in [0.2, 0.25) is 0 Å². The van der Waals surface area contributed by atoms with E-state index in [1.807, 2.05) is 35.2 Å². The molecule has 1 fully saturated rings. The van der Waals surface area contributed by atoms with Crippen LogP contribution in [0.25, 0.3) is 0 Å². The summed E-state index contributed by atoms with van der Waals surface area (Å²) in [6, 6.07) is 8.69. The summed E-state index contributed by atoms with van der Waals surface area (Å²) in [6.07, 6.45) is 0.947. The fourth-order valence-corrected chi connectivity index (χ4v) is 3.52. The Bertz CT molecular complexity index is 704. The van der Waals surface area contributed by atoms with E-state index in [1.54, 1.807) is 6.92 Å². The van der Waals surface area contributed by atoms with Crippen LogP contribution in [-0.2, 0) is 9.59 Å². The van der Waals surface area contributed by atoms with E-state index in [-0.39, 0.29) is 17.6 Å². The second-order valence-corrected chi connectivity index (χ2v) is 7.61. The molecule has 1 unspecified atom stereocenters. The third-order valence-corrected chi connectivity index (χ3v) is 4.83. The third-order valence-electron chi connectivity index (χ3n) is 4.83. The minimum Gasteiger partial charge on any atom is -0.335 e. The molecule has 7 heteroatoms. The van der Waals surface area contributed by atoms with Crippen molar-refractivity contribution in [1.29, 1.82) is 0 Å². The number of nitrogens with one attached hydrogen (secondary N) is 1. The van der Waals surface area contributed by atoms with Crippen LogP contribution in [-0.4, -0.2) is 66.2 Å². The summed E-state index contributed by atoms with van der Waals surface area (Å²) in [6.45, 7) is 10.5. The number of carbonyl (C=O) groups excluding carboxylic acids is 2. The number of hydrogen-bond donors (Lipinski definition) is 1. The SMILES string of the molecule is CC(C)CN1CCCN(C(=O)C2=NC(C)C(=O)N(c3ccccc3)N2)CC1.